The van der Waals surface area contributed by atoms with E-state index in [1.807, 2.05) is 66.7 Å². The van der Waals surface area contributed by atoms with E-state index in [2.05, 4.69) is 5.32 Å². The van der Waals surface area contributed by atoms with E-state index in [1.165, 1.54) is 11.3 Å². The molecule has 9 nitrogen and oxygen atoms in total. The summed E-state index contributed by atoms with van der Waals surface area (Å²) in [6.07, 6.45) is 1.20. The number of likely N-dealkylation sites (N-methyl/N-ethyl adjacent to an activating group) is 1. The third-order valence-corrected chi connectivity index (χ3v) is 8.07. The summed E-state index contributed by atoms with van der Waals surface area (Å²) in [6, 6.07) is 21.2. The van der Waals surface area contributed by atoms with Gasteiger partial charge < -0.3 is 21.1 Å². The Bertz CT molecular complexity index is 1270. The van der Waals surface area contributed by atoms with Gasteiger partial charge in [-0.2, -0.15) is 0 Å². The van der Waals surface area contributed by atoms with E-state index in [0.29, 0.717) is 24.3 Å². The largest absolute Gasteiger partial charge is 0.480 e. The van der Waals surface area contributed by atoms with Crippen LogP contribution in [0.3, 0.4) is 0 Å². The SMILES string of the molecule is CN(CC(=O)O)[C@@H](C(=O)N1CCC[C@H]1C(=O)NCc1ccc(C(=N)N)s1)C(c1ccccc1)c1ccccc1. The highest BCUT2D eigenvalue weighted by Crippen LogP contribution is 2.33. The number of nitrogens with zero attached hydrogens (tertiary/aromatic N) is 2. The Labute approximate surface area is 231 Å². The number of nitrogens with one attached hydrogen (secondary N) is 2. The highest BCUT2D eigenvalue weighted by Gasteiger charge is 2.42. The van der Waals surface area contributed by atoms with Crippen molar-refractivity contribution in [2.24, 2.45) is 5.73 Å². The second-order valence-electron chi connectivity index (χ2n) is 9.64. The monoisotopic (exact) mass is 547 g/mol. The number of nitrogen functional groups attached to an aromatic ring is 1. The number of benzene rings is 2. The molecule has 1 aromatic heterocycles. The zero-order valence-electron chi connectivity index (χ0n) is 21.7. The minimum Gasteiger partial charge on any atom is -0.480 e. The zero-order chi connectivity index (χ0) is 27.9. The molecular weight excluding hydrogens is 514 g/mol. The van der Waals surface area contributed by atoms with Crippen molar-refractivity contribution in [3.63, 3.8) is 0 Å². The van der Waals surface area contributed by atoms with Crippen LogP contribution in [-0.2, 0) is 20.9 Å². The average molecular weight is 548 g/mol. The second kappa shape index (κ2) is 12.7. The summed E-state index contributed by atoms with van der Waals surface area (Å²) < 4.78 is 0. The van der Waals surface area contributed by atoms with Gasteiger partial charge in [-0.25, -0.2) is 0 Å². The van der Waals surface area contributed by atoms with Crippen LogP contribution in [0.25, 0.3) is 0 Å². The maximum atomic E-state index is 14.3. The number of rotatable bonds is 11. The number of carbonyl (C=O) groups is 3. The minimum atomic E-state index is -1.04. The number of nitrogens with two attached hydrogens (primary N) is 1. The first kappa shape index (κ1) is 28.0. The number of amidine groups is 1. The standard InChI is InChI=1S/C29H33N5O4S/c1-33(18-24(35)36)26(25(19-9-4-2-5-10-19)20-11-6-3-7-12-20)29(38)34-16-8-13-22(34)28(37)32-17-21-14-15-23(39-21)27(30)31/h2-7,9-12,14-15,22,25-26H,8,13,16-18H2,1H3,(H3,30,31)(H,32,37)(H,35,36)/t22-,26+/m0/s1. The Morgan fingerprint density at radius 1 is 1.08 bits per heavy atom. The number of carbonyl (C=O) groups excluding carboxylic acids is 2. The van der Waals surface area contributed by atoms with Gasteiger partial charge in [0.15, 0.2) is 0 Å². The van der Waals surface area contributed by atoms with E-state index in [9.17, 15) is 19.5 Å². The number of amides is 2. The molecule has 2 heterocycles. The van der Waals surface area contributed by atoms with Crippen LogP contribution < -0.4 is 11.1 Å². The lowest BCUT2D eigenvalue weighted by molar-refractivity contribution is -0.145. The molecule has 0 radical (unpaired) electrons. The average Bonchev–Trinajstić information content (AvgIpc) is 3.61. The molecule has 1 saturated heterocycles. The molecule has 0 unspecified atom stereocenters. The molecule has 5 N–H and O–H groups in total. The lowest BCUT2D eigenvalue weighted by atomic mass is 9.83. The first-order valence-electron chi connectivity index (χ1n) is 12.8. The molecule has 1 aliphatic heterocycles. The summed E-state index contributed by atoms with van der Waals surface area (Å²) in [5.41, 5.74) is 7.32. The Hall–Kier alpha value is -4.02. The summed E-state index contributed by atoms with van der Waals surface area (Å²) in [4.78, 5) is 44.0. The molecule has 0 aliphatic carbocycles. The predicted octanol–water partition coefficient (Wildman–Crippen LogP) is 2.86. The molecule has 10 heteroatoms. The molecule has 2 amide bonds. The molecule has 3 aromatic rings. The van der Waals surface area contributed by atoms with Gasteiger partial charge in [0, 0.05) is 17.3 Å². The third kappa shape index (κ3) is 6.71. The smallest absolute Gasteiger partial charge is 0.317 e. The first-order chi connectivity index (χ1) is 18.8. The van der Waals surface area contributed by atoms with E-state index < -0.39 is 24.0 Å². The van der Waals surface area contributed by atoms with Crippen LogP contribution in [-0.4, -0.2) is 70.7 Å². The van der Waals surface area contributed by atoms with Gasteiger partial charge in [-0.15, -0.1) is 11.3 Å². The Morgan fingerprint density at radius 2 is 1.69 bits per heavy atom. The van der Waals surface area contributed by atoms with Crippen molar-refractivity contribution in [2.75, 3.05) is 20.1 Å². The summed E-state index contributed by atoms with van der Waals surface area (Å²) in [5, 5.41) is 20.1. The fourth-order valence-electron chi connectivity index (χ4n) is 5.16. The van der Waals surface area contributed by atoms with Crippen LogP contribution in [0.1, 0.15) is 39.6 Å². The van der Waals surface area contributed by atoms with Gasteiger partial charge in [0.05, 0.1) is 18.0 Å². The number of hydrogen-bond acceptors (Lipinski definition) is 6. The Kier molecular flexibility index (Phi) is 9.11. The van der Waals surface area contributed by atoms with Gasteiger partial charge in [-0.3, -0.25) is 24.7 Å². The molecule has 39 heavy (non-hydrogen) atoms. The third-order valence-electron chi connectivity index (χ3n) is 6.95. The summed E-state index contributed by atoms with van der Waals surface area (Å²) >= 11 is 1.34. The van der Waals surface area contributed by atoms with E-state index in [-0.39, 0.29) is 30.7 Å². The predicted molar refractivity (Wildman–Crippen MR) is 151 cm³/mol. The molecule has 4 rings (SSSR count). The fourth-order valence-corrected chi connectivity index (χ4v) is 5.97. The van der Waals surface area contributed by atoms with Gasteiger partial charge >= 0.3 is 5.97 Å². The molecule has 0 spiro atoms. The molecule has 1 fully saturated rings. The number of thiophene rings is 1. The van der Waals surface area contributed by atoms with E-state index in [4.69, 9.17) is 11.1 Å². The van der Waals surface area contributed by atoms with Gasteiger partial charge in [0.1, 0.15) is 17.9 Å². The van der Waals surface area contributed by atoms with Crippen LogP contribution >= 0.6 is 11.3 Å². The number of aliphatic carboxylic acids is 1. The van der Waals surface area contributed by atoms with Gasteiger partial charge in [0.2, 0.25) is 11.8 Å². The molecule has 1 aliphatic rings. The second-order valence-corrected chi connectivity index (χ2v) is 10.8. The fraction of sp³-hybridized carbons (Fsp3) is 0.310. The summed E-state index contributed by atoms with van der Waals surface area (Å²) in [5.74, 6) is -2.03. The quantitative estimate of drug-likeness (QED) is 0.215. The molecule has 2 atom stereocenters. The molecule has 0 saturated carbocycles. The van der Waals surface area contributed by atoms with Gasteiger partial charge in [-0.1, -0.05) is 60.7 Å². The lowest BCUT2D eigenvalue weighted by Gasteiger charge is -2.37. The summed E-state index contributed by atoms with van der Waals surface area (Å²) in [6.45, 7) is 0.362. The molecule has 204 valence electrons. The van der Waals surface area contributed by atoms with Crippen LogP contribution in [0.2, 0.25) is 0 Å². The van der Waals surface area contributed by atoms with E-state index >= 15 is 0 Å². The van der Waals surface area contributed by atoms with Gasteiger partial charge in [0.25, 0.3) is 0 Å². The highest BCUT2D eigenvalue weighted by molar-refractivity contribution is 7.14. The van der Waals surface area contributed by atoms with Crippen LogP contribution in [0.5, 0.6) is 0 Å². The van der Waals surface area contributed by atoms with Crippen molar-refractivity contribution in [1.29, 1.82) is 5.41 Å². The first-order valence-corrected chi connectivity index (χ1v) is 13.6. The van der Waals surface area contributed by atoms with Gasteiger partial charge in [-0.05, 0) is 43.1 Å². The number of hydrogen-bond donors (Lipinski definition) is 4. The van der Waals surface area contributed by atoms with Crippen molar-refractivity contribution in [2.45, 2.75) is 37.4 Å². The number of carboxylic acid groups (broad SMARTS) is 1. The van der Waals surface area contributed by atoms with Crippen LogP contribution in [0, 0.1) is 5.41 Å². The van der Waals surface area contributed by atoms with Crippen molar-refractivity contribution in [3.8, 4) is 0 Å². The normalized spacial score (nSPS) is 15.9. The van der Waals surface area contributed by atoms with Crippen molar-refractivity contribution < 1.29 is 19.5 Å². The molecule has 0 bridgehead atoms. The topological polar surface area (TPSA) is 140 Å². The highest BCUT2D eigenvalue weighted by atomic mass is 32.1. The van der Waals surface area contributed by atoms with E-state index in [0.717, 1.165) is 16.0 Å². The zero-order valence-corrected chi connectivity index (χ0v) is 22.6. The van der Waals surface area contributed by atoms with Crippen LogP contribution in [0.4, 0.5) is 0 Å². The molecule has 2 aromatic carbocycles. The lowest BCUT2D eigenvalue weighted by Crippen LogP contribution is -2.55. The van der Waals surface area contributed by atoms with Crippen molar-refractivity contribution in [3.05, 3.63) is 93.7 Å². The number of likely N-dealkylation sites (tertiary alicyclic amines) is 1. The molecular formula is C29H33N5O4S. The van der Waals surface area contributed by atoms with Crippen molar-refractivity contribution in [1.82, 2.24) is 15.1 Å². The summed E-state index contributed by atoms with van der Waals surface area (Å²) in [7, 11) is 1.64. The number of carboxylic acids is 1. The Balaban J connectivity index is 1.62. The van der Waals surface area contributed by atoms with Crippen LogP contribution in [0.15, 0.2) is 72.8 Å². The van der Waals surface area contributed by atoms with E-state index in [1.54, 1.807) is 22.9 Å². The Morgan fingerprint density at radius 3 is 2.23 bits per heavy atom. The van der Waals surface area contributed by atoms with Crippen molar-refractivity contribution >= 4 is 35.0 Å². The maximum Gasteiger partial charge on any atom is 0.317 e. The maximum absolute atomic E-state index is 14.3. The minimum absolute atomic E-state index is 0.0203.